The van der Waals surface area contributed by atoms with Gasteiger partial charge in [0, 0.05) is 18.7 Å². The van der Waals surface area contributed by atoms with Gasteiger partial charge in [-0.05, 0) is 62.9 Å². The van der Waals surface area contributed by atoms with E-state index in [4.69, 9.17) is 4.74 Å². The Kier molecular flexibility index (Phi) is 7.73. The van der Waals surface area contributed by atoms with Gasteiger partial charge in [0.1, 0.15) is 12.4 Å². The van der Waals surface area contributed by atoms with Crippen LogP contribution in [0.2, 0.25) is 0 Å². The average molecular weight is 445 g/mol. The molecule has 0 unspecified atom stereocenters. The Bertz CT molecular complexity index is 1030. The highest BCUT2D eigenvalue weighted by Crippen LogP contribution is 2.23. The van der Waals surface area contributed by atoms with Crippen LogP contribution in [0.3, 0.4) is 0 Å². The van der Waals surface area contributed by atoms with Gasteiger partial charge in [-0.2, -0.15) is 4.31 Å². The van der Waals surface area contributed by atoms with Gasteiger partial charge in [-0.25, -0.2) is 8.42 Å². The van der Waals surface area contributed by atoms with Crippen LogP contribution in [-0.2, 0) is 10.0 Å². The summed E-state index contributed by atoms with van der Waals surface area (Å²) in [6.45, 7) is 7.56. The van der Waals surface area contributed by atoms with Crippen LogP contribution in [0.25, 0.3) is 0 Å². The van der Waals surface area contributed by atoms with Gasteiger partial charge in [-0.15, -0.1) is 0 Å². The number of ether oxygens (including phenoxy) is 1. The highest BCUT2D eigenvalue weighted by Gasteiger charge is 2.26. The fourth-order valence-corrected chi connectivity index (χ4v) is 5.36. The molecule has 1 amide bonds. The van der Waals surface area contributed by atoms with Crippen LogP contribution in [0.4, 0.5) is 0 Å². The van der Waals surface area contributed by atoms with E-state index < -0.39 is 10.0 Å². The van der Waals surface area contributed by atoms with Crippen molar-refractivity contribution in [2.24, 2.45) is 0 Å². The molecule has 168 valence electrons. The summed E-state index contributed by atoms with van der Waals surface area (Å²) >= 11 is 0. The minimum atomic E-state index is -3.60. The van der Waals surface area contributed by atoms with Gasteiger partial charge in [0.2, 0.25) is 10.0 Å². The summed E-state index contributed by atoms with van der Waals surface area (Å²) < 4.78 is 33.5. The van der Waals surface area contributed by atoms with Crippen molar-refractivity contribution in [1.29, 1.82) is 0 Å². The van der Waals surface area contributed by atoms with Crippen LogP contribution in [0.1, 0.15) is 52.7 Å². The predicted octanol–water partition coefficient (Wildman–Crippen LogP) is 3.99. The zero-order valence-electron chi connectivity index (χ0n) is 18.6. The van der Waals surface area contributed by atoms with Crippen molar-refractivity contribution in [3.8, 4) is 5.75 Å². The molecule has 6 nitrogen and oxygen atoms in total. The standard InChI is InChI=1S/C24H32N2O4S/c1-18-8-11-23(20(3)16-18)30-15-12-25-24(27)22-17-21(10-9-19(22)2)31(28,29)26-13-6-4-5-7-14-26/h8-11,16-17H,4-7,12-15H2,1-3H3,(H,25,27). The predicted molar refractivity (Wildman–Crippen MR) is 122 cm³/mol. The van der Waals surface area contributed by atoms with Crippen LogP contribution in [-0.4, -0.2) is 44.9 Å². The third kappa shape index (κ3) is 5.86. The second-order valence-corrected chi connectivity index (χ2v) is 10.1. The molecule has 0 saturated carbocycles. The van der Waals surface area contributed by atoms with E-state index in [-0.39, 0.29) is 10.8 Å². The van der Waals surface area contributed by atoms with Gasteiger partial charge in [0.15, 0.2) is 0 Å². The van der Waals surface area contributed by atoms with Gasteiger partial charge >= 0.3 is 0 Å². The second-order valence-electron chi connectivity index (χ2n) is 8.17. The van der Waals surface area contributed by atoms with E-state index in [1.54, 1.807) is 16.4 Å². The number of nitrogens with one attached hydrogen (secondary N) is 1. The van der Waals surface area contributed by atoms with Crippen LogP contribution < -0.4 is 10.1 Å². The minimum Gasteiger partial charge on any atom is -0.491 e. The molecular formula is C24H32N2O4S. The molecule has 0 bridgehead atoms. The Morgan fingerprint density at radius 2 is 1.68 bits per heavy atom. The van der Waals surface area contributed by atoms with Crippen molar-refractivity contribution in [3.63, 3.8) is 0 Å². The van der Waals surface area contributed by atoms with Crippen molar-refractivity contribution in [3.05, 3.63) is 58.7 Å². The molecule has 0 aliphatic carbocycles. The molecule has 1 aliphatic rings. The van der Waals surface area contributed by atoms with Gasteiger partial charge in [0.05, 0.1) is 11.4 Å². The van der Waals surface area contributed by atoms with Gasteiger partial charge in [0.25, 0.3) is 5.91 Å². The Morgan fingerprint density at radius 1 is 0.968 bits per heavy atom. The van der Waals surface area contributed by atoms with Crippen molar-refractivity contribution < 1.29 is 17.9 Å². The monoisotopic (exact) mass is 444 g/mol. The zero-order valence-corrected chi connectivity index (χ0v) is 19.4. The van der Waals surface area contributed by atoms with E-state index in [1.807, 2.05) is 39.0 Å². The fraction of sp³-hybridized carbons (Fsp3) is 0.458. The maximum atomic E-state index is 13.1. The first-order valence-corrected chi connectivity index (χ1v) is 12.3. The number of hydrogen-bond donors (Lipinski definition) is 1. The molecule has 0 atom stereocenters. The van der Waals surface area contributed by atoms with Crippen molar-refractivity contribution in [1.82, 2.24) is 9.62 Å². The van der Waals surface area contributed by atoms with E-state index in [2.05, 4.69) is 5.32 Å². The highest BCUT2D eigenvalue weighted by molar-refractivity contribution is 7.89. The number of aryl methyl sites for hydroxylation is 3. The number of rotatable bonds is 7. The van der Waals surface area contributed by atoms with Crippen LogP contribution in [0.5, 0.6) is 5.75 Å². The Balaban J connectivity index is 1.64. The highest BCUT2D eigenvalue weighted by atomic mass is 32.2. The zero-order chi connectivity index (χ0) is 22.4. The van der Waals surface area contributed by atoms with Crippen molar-refractivity contribution >= 4 is 15.9 Å². The summed E-state index contributed by atoms with van der Waals surface area (Å²) in [6, 6.07) is 10.7. The lowest BCUT2D eigenvalue weighted by molar-refractivity contribution is 0.0946. The quantitative estimate of drug-likeness (QED) is 0.656. The van der Waals surface area contributed by atoms with Gasteiger partial charge in [-0.1, -0.05) is 36.6 Å². The van der Waals surface area contributed by atoms with Crippen molar-refractivity contribution in [2.75, 3.05) is 26.2 Å². The lowest BCUT2D eigenvalue weighted by Crippen LogP contribution is -2.32. The number of carbonyl (C=O) groups is 1. The topological polar surface area (TPSA) is 75.7 Å². The summed E-state index contributed by atoms with van der Waals surface area (Å²) in [5, 5.41) is 2.84. The first kappa shape index (κ1) is 23.3. The largest absolute Gasteiger partial charge is 0.491 e. The maximum absolute atomic E-state index is 13.1. The Labute approximate surface area is 185 Å². The molecule has 0 radical (unpaired) electrons. The lowest BCUT2D eigenvalue weighted by Gasteiger charge is -2.20. The number of carbonyl (C=O) groups excluding carboxylic acids is 1. The average Bonchev–Trinajstić information content (AvgIpc) is 3.02. The maximum Gasteiger partial charge on any atom is 0.251 e. The number of sulfonamides is 1. The van der Waals surface area contributed by atoms with E-state index in [0.29, 0.717) is 31.8 Å². The Hall–Kier alpha value is -2.38. The van der Waals surface area contributed by atoms with Gasteiger partial charge < -0.3 is 10.1 Å². The Morgan fingerprint density at radius 3 is 2.35 bits per heavy atom. The summed E-state index contributed by atoms with van der Waals surface area (Å²) in [5.74, 6) is 0.496. The molecule has 1 heterocycles. The van der Waals surface area contributed by atoms with Crippen molar-refractivity contribution in [2.45, 2.75) is 51.3 Å². The molecule has 2 aromatic carbocycles. The van der Waals surface area contributed by atoms with Crippen LogP contribution in [0.15, 0.2) is 41.3 Å². The van der Waals surface area contributed by atoms with E-state index in [1.165, 1.54) is 11.6 Å². The third-order valence-corrected chi connectivity index (χ3v) is 7.53. The SMILES string of the molecule is Cc1ccc(OCCNC(=O)c2cc(S(=O)(=O)N3CCCCCC3)ccc2C)c(C)c1. The molecular weight excluding hydrogens is 412 g/mol. The van der Waals surface area contributed by atoms with Crippen LogP contribution in [0, 0.1) is 20.8 Å². The van der Waals surface area contributed by atoms with Gasteiger partial charge in [-0.3, -0.25) is 4.79 Å². The van der Waals surface area contributed by atoms with Crippen LogP contribution >= 0.6 is 0 Å². The molecule has 7 heteroatoms. The number of amides is 1. The third-order valence-electron chi connectivity index (χ3n) is 5.63. The molecule has 1 saturated heterocycles. The normalized spacial score (nSPS) is 15.3. The fourth-order valence-electron chi connectivity index (χ4n) is 3.82. The second kappa shape index (κ2) is 10.3. The molecule has 31 heavy (non-hydrogen) atoms. The first-order valence-electron chi connectivity index (χ1n) is 10.9. The number of nitrogens with zero attached hydrogens (tertiary/aromatic N) is 1. The molecule has 1 N–H and O–H groups in total. The molecule has 1 aliphatic heterocycles. The summed E-state index contributed by atoms with van der Waals surface area (Å²) in [6.07, 6.45) is 3.85. The van der Waals surface area contributed by atoms with E-state index in [9.17, 15) is 13.2 Å². The van der Waals surface area contributed by atoms with E-state index in [0.717, 1.165) is 42.6 Å². The smallest absolute Gasteiger partial charge is 0.251 e. The summed E-state index contributed by atoms with van der Waals surface area (Å²) in [4.78, 5) is 12.9. The summed E-state index contributed by atoms with van der Waals surface area (Å²) in [5.41, 5.74) is 3.34. The first-order chi connectivity index (χ1) is 14.8. The molecule has 1 fully saturated rings. The molecule has 2 aromatic rings. The minimum absolute atomic E-state index is 0.177. The molecule has 0 aromatic heterocycles. The number of benzene rings is 2. The number of hydrogen-bond acceptors (Lipinski definition) is 4. The lowest BCUT2D eigenvalue weighted by atomic mass is 10.1. The summed E-state index contributed by atoms with van der Waals surface area (Å²) in [7, 11) is -3.60. The molecule has 3 rings (SSSR count). The molecule has 0 spiro atoms. The van der Waals surface area contributed by atoms with E-state index >= 15 is 0 Å².